The van der Waals surface area contributed by atoms with Gasteiger partial charge < -0.3 is 14.2 Å². The molecule has 0 aromatic heterocycles. The molecule has 1 rings (SSSR count). The monoisotopic (exact) mass is 259 g/mol. The highest BCUT2D eigenvalue weighted by Crippen LogP contribution is 2.45. The number of hydrogen-bond donors (Lipinski definition) is 1. The number of rotatable bonds is 5. The van der Waals surface area contributed by atoms with E-state index in [1.165, 1.54) is 7.11 Å². The Bertz CT molecular complexity index is 314. The van der Waals surface area contributed by atoms with Gasteiger partial charge in [-0.15, -0.1) is 0 Å². The molecule has 0 saturated carbocycles. The van der Waals surface area contributed by atoms with E-state index in [4.69, 9.17) is 14.2 Å². The third kappa shape index (κ3) is 2.68. The first-order valence-corrected chi connectivity index (χ1v) is 6.23. The Labute approximate surface area is 109 Å². The van der Waals surface area contributed by atoms with Crippen molar-refractivity contribution < 1.29 is 19.0 Å². The van der Waals surface area contributed by atoms with E-state index >= 15 is 0 Å². The molecule has 0 bridgehead atoms. The Kier molecular flexibility index (Phi) is 4.41. The van der Waals surface area contributed by atoms with E-state index in [0.717, 1.165) is 0 Å². The number of hydrogen-bond acceptors (Lipinski definition) is 5. The molecule has 5 heteroatoms. The first-order chi connectivity index (χ1) is 8.21. The van der Waals surface area contributed by atoms with Crippen LogP contribution in [0.1, 0.15) is 34.1 Å². The average molecular weight is 259 g/mol. The maximum absolute atomic E-state index is 12.2. The van der Waals surface area contributed by atoms with Crippen LogP contribution >= 0.6 is 0 Å². The smallest absolute Gasteiger partial charge is 0.329 e. The number of nitrogens with one attached hydrogen (secondary N) is 1. The fourth-order valence-corrected chi connectivity index (χ4v) is 2.87. The first kappa shape index (κ1) is 15.4. The van der Waals surface area contributed by atoms with Gasteiger partial charge in [0.05, 0.1) is 24.9 Å². The summed E-state index contributed by atoms with van der Waals surface area (Å²) in [6, 6.07) is 0. The van der Waals surface area contributed by atoms with E-state index in [1.807, 2.05) is 27.7 Å². The van der Waals surface area contributed by atoms with E-state index in [-0.39, 0.29) is 11.6 Å². The van der Waals surface area contributed by atoms with Gasteiger partial charge in [0, 0.05) is 20.1 Å². The number of carbonyl (C=O) groups excluding carboxylic acids is 1. The number of ether oxygens (including phenoxy) is 3. The molecule has 1 unspecified atom stereocenters. The summed E-state index contributed by atoms with van der Waals surface area (Å²) in [4.78, 5) is 12.2. The third-order valence-electron chi connectivity index (χ3n) is 3.52. The van der Waals surface area contributed by atoms with Crippen LogP contribution in [0, 0.1) is 0 Å². The molecule has 0 aromatic rings. The molecule has 1 N–H and O–H groups in total. The zero-order valence-corrected chi connectivity index (χ0v) is 12.3. The average Bonchev–Trinajstić information content (AvgIpc) is 2.43. The molecule has 1 heterocycles. The van der Waals surface area contributed by atoms with Gasteiger partial charge in [-0.2, -0.15) is 0 Å². The zero-order chi connectivity index (χ0) is 14.0. The van der Waals surface area contributed by atoms with Crippen LogP contribution < -0.4 is 5.32 Å². The number of esters is 1. The molecular formula is C13H25NO4. The van der Waals surface area contributed by atoms with Crippen molar-refractivity contribution in [3.05, 3.63) is 0 Å². The fourth-order valence-electron chi connectivity index (χ4n) is 2.87. The molecule has 1 saturated heterocycles. The highest BCUT2D eigenvalue weighted by atomic mass is 16.6. The summed E-state index contributed by atoms with van der Waals surface area (Å²) in [6.45, 7) is 8.91. The molecule has 0 aliphatic carbocycles. The Morgan fingerprint density at radius 1 is 1.28 bits per heavy atom. The number of carbonyl (C=O) groups is 1. The van der Waals surface area contributed by atoms with E-state index in [0.29, 0.717) is 19.6 Å². The summed E-state index contributed by atoms with van der Waals surface area (Å²) in [5.41, 5.74) is -1.82. The molecule has 5 nitrogen and oxygen atoms in total. The fraction of sp³-hybridized carbons (Fsp3) is 0.923. The Morgan fingerprint density at radius 3 is 2.28 bits per heavy atom. The van der Waals surface area contributed by atoms with Gasteiger partial charge in [-0.25, -0.2) is 4.79 Å². The Morgan fingerprint density at radius 2 is 1.89 bits per heavy atom. The van der Waals surface area contributed by atoms with Crippen molar-refractivity contribution in [1.29, 1.82) is 0 Å². The lowest BCUT2D eigenvalue weighted by molar-refractivity contribution is -0.157. The lowest BCUT2D eigenvalue weighted by Gasteiger charge is -2.37. The molecule has 18 heavy (non-hydrogen) atoms. The minimum Gasteiger partial charge on any atom is -0.468 e. The lowest BCUT2D eigenvalue weighted by Crippen LogP contribution is -2.63. The predicted molar refractivity (Wildman–Crippen MR) is 68.5 cm³/mol. The normalized spacial score (nSPS) is 29.2. The van der Waals surface area contributed by atoms with Crippen LogP contribution in [0.15, 0.2) is 0 Å². The second-order valence-electron chi connectivity index (χ2n) is 5.87. The van der Waals surface area contributed by atoms with Gasteiger partial charge in [-0.05, 0) is 27.7 Å². The summed E-state index contributed by atoms with van der Waals surface area (Å²) in [7, 11) is 3.04. The Hall–Kier alpha value is -0.650. The number of methoxy groups -OCH3 is 2. The molecule has 106 valence electrons. The van der Waals surface area contributed by atoms with Crippen molar-refractivity contribution in [2.24, 2.45) is 0 Å². The highest BCUT2D eigenvalue weighted by Gasteiger charge is 2.62. The van der Waals surface area contributed by atoms with Gasteiger partial charge in [0.15, 0.2) is 0 Å². The topological polar surface area (TPSA) is 56.8 Å². The standard InChI is InChI=1S/C13H25NO4/c1-11(2)9-13(10(15)17-6,12(3,4)18-11)14-7-8-16-5/h14H,7-9H2,1-6H3. The van der Waals surface area contributed by atoms with Gasteiger partial charge in [-0.1, -0.05) is 0 Å². The van der Waals surface area contributed by atoms with Crippen molar-refractivity contribution in [3.8, 4) is 0 Å². The van der Waals surface area contributed by atoms with Gasteiger partial charge in [0.25, 0.3) is 0 Å². The molecule has 1 fully saturated rings. The van der Waals surface area contributed by atoms with E-state index in [9.17, 15) is 4.79 Å². The van der Waals surface area contributed by atoms with Crippen molar-refractivity contribution in [2.75, 3.05) is 27.4 Å². The predicted octanol–water partition coefficient (Wildman–Crippen LogP) is 1.11. The lowest BCUT2D eigenvalue weighted by atomic mass is 9.79. The summed E-state index contributed by atoms with van der Waals surface area (Å²) in [6.07, 6.45) is 0.573. The quantitative estimate of drug-likeness (QED) is 0.592. The van der Waals surface area contributed by atoms with Crippen molar-refractivity contribution in [3.63, 3.8) is 0 Å². The SMILES string of the molecule is COCCNC1(C(=O)OC)CC(C)(C)OC1(C)C. The molecule has 1 atom stereocenters. The van der Waals surface area contributed by atoms with Crippen LogP contribution in [0.2, 0.25) is 0 Å². The summed E-state index contributed by atoms with van der Waals surface area (Å²) in [5.74, 6) is -0.283. The van der Waals surface area contributed by atoms with Crippen LogP contribution in [0.3, 0.4) is 0 Å². The van der Waals surface area contributed by atoms with Crippen molar-refractivity contribution >= 4 is 5.97 Å². The van der Waals surface area contributed by atoms with E-state index in [2.05, 4.69) is 5.32 Å². The molecule has 1 aliphatic heterocycles. The summed E-state index contributed by atoms with van der Waals surface area (Å²) < 4.78 is 16.0. The Balaban J connectivity index is 3.00. The van der Waals surface area contributed by atoms with Gasteiger partial charge >= 0.3 is 5.97 Å². The van der Waals surface area contributed by atoms with Crippen LogP contribution in [0.5, 0.6) is 0 Å². The molecule has 0 spiro atoms. The van der Waals surface area contributed by atoms with Crippen LogP contribution in [-0.2, 0) is 19.0 Å². The van der Waals surface area contributed by atoms with Gasteiger partial charge in [0.2, 0.25) is 0 Å². The van der Waals surface area contributed by atoms with Crippen LogP contribution in [0.25, 0.3) is 0 Å². The van der Waals surface area contributed by atoms with Crippen LogP contribution in [-0.4, -0.2) is 50.1 Å². The van der Waals surface area contributed by atoms with Crippen molar-refractivity contribution in [1.82, 2.24) is 5.32 Å². The molecule has 0 amide bonds. The zero-order valence-electron chi connectivity index (χ0n) is 12.3. The molecule has 0 radical (unpaired) electrons. The minimum atomic E-state index is -0.830. The van der Waals surface area contributed by atoms with Gasteiger partial charge in [-0.3, -0.25) is 5.32 Å². The maximum atomic E-state index is 12.2. The molecule has 0 aromatic carbocycles. The minimum absolute atomic E-state index is 0.283. The molecular weight excluding hydrogens is 234 g/mol. The summed E-state index contributed by atoms with van der Waals surface area (Å²) in [5, 5.41) is 3.27. The highest BCUT2D eigenvalue weighted by molar-refractivity contribution is 5.83. The van der Waals surface area contributed by atoms with Gasteiger partial charge in [0.1, 0.15) is 5.54 Å². The first-order valence-electron chi connectivity index (χ1n) is 6.23. The van der Waals surface area contributed by atoms with Crippen molar-refractivity contribution in [2.45, 2.75) is 50.9 Å². The van der Waals surface area contributed by atoms with E-state index < -0.39 is 11.1 Å². The second kappa shape index (κ2) is 5.15. The maximum Gasteiger partial charge on any atom is 0.329 e. The molecule has 1 aliphatic rings. The third-order valence-corrected chi connectivity index (χ3v) is 3.52. The largest absolute Gasteiger partial charge is 0.468 e. The van der Waals surface area contributed by atoms with Crippen LogP contribution in [0.4, 0.5) is 0 Å². The summed E-state index contributed by atoms with van der Waals surface area (Å²) >= 11 is 0. The van der Waals surface area contributed by atoms with E-state index in [1.54, 1.807) is 7.11 Å². The second-order valence-corrected chi connectivity index (χ2v) is 5.87.